The van der Waals surface area contributed by atoms with Gasteiger partial charge in [0.2, 0.25) is 0 Å². The van der Waals surface area contributed by atoms with Gasteiger partial charge in [0.25, 0.3) is 0 Å². The van der Waals surface area contributed by atoms with Crippen molar-refractivity contribution in [2.75, 3.05) is 6.54 Å². The number of thiazole rings is 1. The lowest BCUT2D eigenvalue weighted by atomic mass is 10.3. The Morgan fingerprint density at radius 3 is 3.25 bits per heavy atom. The molecular weight excluding hydrogens is 120 g/mol. The molecule has 0 saturated carbocycles. The second kappa shape index (κ2) is 2.79. The molecule has 2 nitrogen and oxygen atoms in total. The SMILES string of the molecule is NCCc1cs[c]n1. The van der Waals surface area contributed by atoms with Crippen molar-refractivity contribution in [3.63, 3.8) is 0 Å². The lowest BCUT2D eigenvalue weighted by Gasteiger charge is -1.84. The fraction of sp³-hybridized carbons (Fsp3) is 0.400. The van der Waals surface area contributed by atoms with E-state index in [0.717, 1.165) is 12.1 Å². The molecule has 0 aromatic carbocycles. The molecule has 0 fully saturated rings. The van der Waals surface area contributed by atoms with Crippen molar-refractivity contribution in [1.29, 1.82) is 0 Å². The molecule has 2 N–H and O–H groups in total. The maximum Gasteiger partial charge on any atom is 0.152 e. The van der Waals surface area contributed by atoms with E-state index in [0.29, 0.717) is 6.54 Å². The minimum absolute atomic E-state index is 0.678. The predicted octanol–water partition coefficient (Wildman–Crippen LogP) is 0.444. The number of hydrogen-bond donors (Lipinski definition) is 1. The van der Waals surface area contributed by atoms with Crippen molar-refractivity contribution < 1.29 is 0 Å². The first-order valence-electron chi connectivity index (χ1n) is 2.44. The highest BCUT2D eigenvalue weighted by molar-refractivity contribution is 7.07. The van der Waals surface area contributed by atoms with Gasteiger partial charge >= 0.3 is 0 Å². The molecule has 0 amide bonds. The summed E-state index contributed by atoms with van der Waals surface area (Å²) in [5, 5.41) is 1.97. The highest BCUT2D eigenvalue weighted by atomic mass is 32.1. The molecule has 1 rings (SSSR count). The van der Waals surface area contributed by atoms with Gasteiger partial charge < -0.3 is 5.73 Å². The molecule has 1 radical (unpaired) electrons. The fourth-order valence-corrected chi connectivity index (χ4v) is 0.998. The third-order valence-electron chi connectivity index (χ3n) is 0.837. The zero-order valence-electron chi connectivity index (χ0n) is 4.42. The van der Waals surface area contributed by atoms with E-state index in [-0.39, 0.29) is 0 Å². The normalized spacial score (nSPS) is 9.62. The van der Waals surface area contributed by atoms with Gasteiger partial charge in [0.1, 0.15) is 0 Å². The van der Waals surface area contributed by atoms with Crippen LogP contribution in [0.5, 0.6) is 0 Å². The number of rotatable bonds is 2. The minimum atomic E-state index is 0.678. The standard InChI is InChI=1S/C5H7N2S/c6-2-1-5-3-8-4-7-5/h3H,1-2,6H2. The van der Waals surface area contributed by atoms with Crippen molar-refractivity contribution in [1.82, 2.24) is 4.98 Å². The zero-order chi connectivity index (χ0) is 5.82. The Hall–Kier alpha value is -0.410. The van der Waals surface area contributed by atoms with Crippen LogP contribution < -0.4 is 5.73 Å². The first kappa shape index (κ1) is 5.72. The van der Waals surface area contributed by atoms with Crippen LogP contribution in [0, 0.1) is 5.51 Å². The number of nitrogens with zero attached hydrogens (tertiary/aromatic N) is 1. The smallest absolute Gasteiger partial charge is 0.152 e. The largest absolute Gasteiger partial charge is 0.330 e. The third kappa shape index (κ3) is 1.28. The van der Waals surface area contributed by atoms with Gasteiger partial charge in [0, 0.05) is 11.8 Å². The summed E-state index contributed by atoms with van der Waals surface area (Å²) in [6.45, 7) is 0.678. The van der Waals surface area contributed by atoms with Gasteiger partial charge in [0.05, 0.1) is 5.69 Å². The predicted molar refractivity (Wildman–Crippen MR) is 33.7 cm³/mol. The van der Waals surface area contributed by atoms with Crippen LogP contribution in [0.15, 0.2) is 5.38 Å². The van der Waals surface area contributed by atoms with Gasteiger partial charge in [-0.25, -0.2) is 4.98 Å². The summed E-state index contributed by atoms with van der Waals surface area (Å²) in [6, 6.07) is 0. The second-order valence-electron chi connectivity index (χ2n) is 1.47. The average Bonchev–Trinajstić information content (AvgIpc) is 2.19. The average molecular weight is 127 g/mol. The summed E-state index contributed by atoms with van der Waals surface area (Å²) < 4.78 is 0. The van der Waals surface area contributed by atoms with E-state index in [1.165, 1.54) is 11.3 Å². The Balaban J connectivity index is 2.50. The molecule has 0 unspecified atom stereocenters. The Labute approximate surface area is 52.4 Å². The van der Waals surface area contributed by atoms with Crippen molar-refractivity contribution in [2.45, 2.75) is 6.42 Å². The van der Waals surface area contributed by atoms with Crippen molar-refractivity contribution in [3.05, 3.63) is 16.6 Å². The van der Waals surface area contributed by atoms with Gasteiger partial charge in [-0.1, -0.05) is 0 Å². The quantitative estimate of drug-likeness (QED) is 0.626. The van der Waals surface area contributed by atoms with Gasteiger partial charge in [-0.3, -0.25) is 0 Å². The van der Waals surface area contributed by atoms with Crippen LogP contribution in [0.3, 0.4) is 0 Å². The van der Waals surface area contributed by atoms with Gasteiger partial charge in [-0.2, -0.15) is 0 Å². The van der Waals surface area contributed by atoms with Crippen LogP contribution in [0.1, 0.15) is 5.69 Å². The van der Waals surface area contributed by atoms with Crippen molar-refractivity contribution in [2.24, 2.45) is 5.73 Å². The Bertz CT molecular complexity index is 136. The van der Waals surface area contributed by atoms with Crippen LogP contribution in [-0.2, 0) is 6.42 Å². The summed E-state index contributed by atoms with van der Waals surface area (Å²) in [6.07, 6.45) is 0.875. The molecule has 43 valence electrons. The maximum absolute atomic E-state index is 5.27. The first-order chi connectivity index (χ1) is 3.93. The Morgan fingerprint density at radius 1 is 1.88 bits per heavy atom. The molecule has 8 heavy (non-hydrogen) atoms. The summed E-state index contributed by atoms with van der Waals surface area (Å²) in [4.78, 5) is 3.92. The van der Waals surface area contributed by atoms with Crippen LogP contribution in [-0.4, -0.2) is 11.5 Å². The number of aromatic nitrogens is 1. The van der Waals surface area contributed by atoms with E-state index in [1.807, 2.05) is 5.38 Å². The molecule has 0 aliphatic carbocycles. The molecular formula is C5H7N2S. The molecule has 0 spiro atoms. The molecule has 0 atom stereocenters. The lowest BCUT2D eigenvalue weighted by Crippen LogP contribution is -2.02. The second-order valence-corrected chi connectivity index (χ2v) is 2.12. The molecule has 1 aromatic rings. The van der Waals surface area contributed by atoms with Crippen LogP contribution >= 0.6 is 11.3 Å². The monoisotopic (exact) mass is 127 g/mol. The van der Waals surface area contributed by atoms with E-state index in [2.05, 4.69) is 10.5 Å². The molecule has 0 bridgehead atoms. The van der Waals surface area contributed by atoms with E-state index in [4.69, 9.17) is 5.73 Å². The lowest BCUT2D eigenvalue weighted by molar-refractivity contribution is 0.934. The molecule has 3 heteroatoms. The van der Waals surface area contributed by atoms with Crippen molar-refractivity contribution >= 4 is 11.3 Å². The molecule has 0 saturated heterocycles. The molecule has 1 aromatic heterocycles. The molecule has 1 heterocycles. The van der Waals surface area contributed by atoms with Crippen LogP contribution in [0.4, 0.5) is 0 Å². The fourth-order valence-electron chi connectivity index (χ4n) is 0.468. The zero-order valence-corrected chi connectivity index (χ0v) is 5.24. The summed E-state index contributed by atoms with van der Waals surface area (Å²) in [7, 11) is 0. The van der Waals surface area contributed by atoms with E-state index in [1.54, 1.807) is 0 Å². The number of hydrogen-bond acceptors (Lipinski definition) is 3. The number of nitrogens with two attached hydrogens (primary N) is 1. The first-order valence-corrected chi connectivity index (χ1v) is 3.32. The summed E-state index contributed by atoms with van der Waals surface area (Å²) in [5.41, 5.74) is 9.07. The van der Waals surface area contributed by atoms with E-state index < -0.39 is 0 Å². The highest BCUT2D eigenvalue weighted by Gasteiger charge is 1.89. The van der Waals surface area contributed by atoms with Crippen molar-refractivity contribution in [3.8, 4) is 0 Å². The minimum Gasteiger partial charge on any atom is -0.330 e. The Morgan fingerprint density at radius 2 is 2.75 bits per heavy atom. The van der Waals surface area contributed by atoms with Gasteiger partial charge in [-0.05, 0) is 6.54 Å². The molecule has 0 aliphatic heterocycles. The Kier molecular flexibility index (Phi) is 2.00. The highest BCUT2D eigenvalue weighted by Crippen LogP contribution is 1.98. The maximum atomic E-state index is 5.27. The third-order valence-corrected chi connectivity index (χ3v) is 1.42. The van der Waals surface area contributed by atoms with E-state index in [9.17, 15) is 0 Å². The van der Waals surface area contributed by atoms with Crippen LogP contribution in [0.2, 0.25) is 0 Å². The topological polar surface area (TPSA) is 38.9 Å². The molecule has 0 aliphatic rings. The van der Waals surface area contributed by atoms with Crippen LogP contribution in [0.25, 0.3) is 0 Å². The van der Waals surface area contributed by atoms with Gasteiger partial charge in [-0.15, -0.1) is 11.3 Å². The van der Waals surface area contributed by atoms with E-state index >= 15 is 0 Å². The summed E-state index contributed by atoms with van der Waals surface area (Å²) in [5.74, 6) is 0. The van der Waals surface area contributed by atoms with Gasteiger partial charge in [0.15, 0.2) is 5.51 Å². The summed E-state index contributed by atoms with van der Waals surface area (Å²) >= 11 is 1.49.